The van der Waals surface area contributed by atoms with E-state index in [0.717, 1.165) is 25.7 Å². The maximum Gasteiger partial charge on any atom is 0.354 e. The van der Waals surface area contributed by atoms with Crippen LogP contribution in [0.4, 0.5) is 0 Å². The molecule has 0 amide bonds. The lowest BCUT2D eigenvalue weighted by molar-refractivity contribution is -0.150. The molecule has 3 aliphatic rings. The summed E-state index contributed by atoms with van der Waals surface area (Å²) >= 11 is 0. The zero-order valence-electron chi connectivity index (χ0n) is 19.0. The predicted molar refractivity (Wildman–Crippen MR) is 117 cm³/mol. The molecule has 3 heterocycles. The van der Waals surface area contributed by atoms with Crippen LogP contribution < -0.4 is 5.32 Å². The summed E-state index contributed by atoms with van der Waals surface area (Å²) in [6, 6.07) is 1.38. The molecule has 2 fully saturated rings. The number of allylic oxidation sites excluding steroid dienone is 2. The fourth-order valence-electron chi connectivity index (χ4n) is 4.55. The van der Waals surface area contributed by atoms with Crippen molar-refractivity contribution < 1.29 is 9.53 Å². The topological polar surface area (TPSA) is 48.0 Å². The average Bonchev–Trinajstić information content (AvgIpc) is 2.93. The Morgan fingerprint density at radius 2 is 1.72 bits per heavy atom. The summed E-state index contributed by atoms with van der Waals surface area (Å²) in [5.41, 5.74) is 0.0689. The van der Waals surface area contributed by atoms with E-state index in [4.69, 9.17) is 4.74 Å². The number of rotatable bonds is 4. The van der Waals surface area contributed by atoms with Crippen molar-refractivity contribution >= 4 is 5.97 Å². The van der Waals surface area contributed by atoms with Crippen LogP contribution in [0.2, 0.25) is 0 Å². The van der Waals surface area contributed by atoms with E-state index in [9.17, 15) is 4.79 Å². The van der Waals surface area contributed by atoms with Gasteiger partial charge in [0.2, 0.25) is 0 Å². The number of dihydropyridines is 1. The number of ether oxygens (including phenoxy) is 1. The standard InChI is InChI=1S/C23H40N4O2/c1-18(2)25-14-10-19(11-15-25)26-12-7-13-27(17-16-26)21-9-6-8-20(24-21)22(28)29-23(3,4)5/h6,8-9,18-19,21,24H,7,10-17H2,1-5H3. The molecule has 164 valence electrons. The number of nitrogens with one attached hydrogen (secondary N) is 1. The van der Waals surface area contributed by atoms with Crippen LogP contribution >= 0.6 is 0 Å². The number of hydrogen-bond donors (Lipinski definition) is 1. The van der Waals surface area contributed by atoms with E-state index in [1.165, 1.54) is 38.9 Å². The molecular formula is C23H40N4O2. The van der Waals surface area contributed by atoms with E-state index >= 15 is 0 Å². The predicted octanol–water partition coefficient (Wildman–Crippen LogP) is 2.58. The highest BCUT2D eigenvalue weighted by atomic mass is 16.6. The minimum absolute atomic E-state index is 0.0604. The number of piperidine rings is 1. The van der Waals surface area contributed by atoms with Crippen LogP contribution in [0.5, 0.6) is 0 Å². The second-order valence-corrected chi connectivity index (χ2v) is 9.84. The summed E-state index contributed by atoms with van der Waals surface area (Å²) in [6.45, 7) is 17.1. The molecule has 3 aliphatic heterocycles. The Kier molecular flexibility index (Phi) is 7.41. The van der Waals surface area contributed by atoms with Gasteiger partial charge < -0.3 is 15.0 Å². The van der Waals surface area contributed by atoms with E-state index in [2.05, 4.69) is 39.9 Å². The summed E-state index contributed by atoms with van der Waals surface area (Å²) in [7, 11) is 0. The monoisotopic (exact) mass is 404 g/mol. The summed E-state index contributed by atoms with van der Waals surface area (Å²) in [4.78, 5) is 20.2. The van der Waals surface area contributed by atoms with Crippen molar-refractivity contribution in [3.05, 3.63) is 23.9 Å². The highest BCUT2D eigenvalue weighted by molar-refractivity contribution is 5.88. The number of likely N-dealkylation sites (tertiary alicyclic amines) is 1. The first-order valence-electron chi connectivity index (χ1n) is 11.3. The fraction of sp³-hybridized carbons (Fsp3) is 0.783. The first-order chi connectivity index (χ1) is 13.7. The Morgan fingerprint density at radius 1 is 1.07 bits per heavy atom. The molecular weight excluding hydrogens is 364 g/mol. The van der Waals surface area contributed by atoms with Gasteiger partial charge in [0.25, 0.3) is 0 Å². The number of hydrogen-bond acceptors (Lipinski definition) is 6. The largest absolute Gasteiger partial charge is 0.455 e. The molecule has 1 unspecified atom stereocenters. The molecule has 0 saturated carbocycles. The molecule has 6 nitrogen and oxygen atoms in total. The minimum Gasteiger partial charge on any atom is -0.455 e. The van der Waals surface area contributed by atoms with Gasteiger partial charge in [0.05, 0.1) is 6.17 Å². The van der Waals surface area contributed by atoms with Crippen LogP contribution in [-0.4, -0.2) is 83.8 Å². The molecule has 29 heavy (non-hydrogen) atoms. The highest BCUT2D eigenvalue weighted by Crippen LogP contribution is 2.21. The lowest BCUT2D eigenvalue weighted by atomic mass is 10.0. The van der Waals surface area contributed by atoms with E-state index in [-0.39, 0.29) is 12.1 Å². The van der Waals surface area contributed by atoms with E-state index < -0.39 is 5.60 Å². The Labute approximate surface area is 176 Å². The molecule has 0 radical (unpaired) electrons. The summed E-state index contributed by atoms with van der Waals surface area (Å²) < 4.78 is 5.53. The Bertz CT molecular complexity index is 615. The van der Waals surface area contributed by atoms with E-state index in [1.54, 1.807) is 0 Å². The van der Waals surface area contributed by atoms with E-state index in [0.29, 0.717) is 11.7 Å². The van der Waals surface area contributed by atoms with Crippen LogP contribution in [0.3, 0.4) is 0 Å². The van der Waals surface area contributed by atoms with Gasteiger partial charge in [-0.3, -0.25) is 9.80 Å². The first kappa shape index (κ1) is 22.3. The third-order valence-corrected chi connectivity index (χ3v) is 6.18. The van der Waals surface area contributed by atoms with Crippen molar-refractivity contribution in [2.45, 2.75) is 77.7 Å². The molecule has 0 aromatic rings. The molecule has 0 aliphatic carbocycles. The summed E-state index contributed by atoms with van der Waals surface area (Å²) in [5, 5.41) is 3.39. The molecule has 0 spiro atoms. The maximum absolute atomic E-state index is 12.4. The van der Waals surface area contributed by atoms with Crippen LogP contribution in [0.1, 0.15) is 53.9 Å². The third-order valence-electron chi connectivity index (χ3n) is 6.18. The van der Waals surface area contributed by atoms with Crippen molar-refractivity contribution in [1.29, 1.82) is 0 Å². The van der Waals surface area contributed by atoms with E-state index in [1.807, 2.05) is 32.9 Å². The normalized spacial score (nSPS) is 26.1. The highest BCUT2D eigenvalue weighted by Gasteiger charge is 2.30. The first-order valence-corrected chi connectivity index (χ1v) is 11.3. The second-order valence-electron chi connectivity index (χ2n) is 9.84. The van der Waals surface area contributed by atoms with Gasteiger partial charge in [0.1, 0.15) is 11.3 Å². The van der Waals surface area contributed by atoms with Crippen LogP contribution in [0.25, 0.3) is 0 Å². The van der Waals surface area contributed by atoms with Gasteiger partial charge in [-0.05, 0) is 85.7 Å². The zero-order valence-corrected chi connectivity index (χ0v) is 19.0. The molecule has 0 aromatic heterocycles. The Balaban J connectivity index is 1.50. The van der Waals surface area contributed by atoms with Crippen LogP contribution in [0, 0.1) is 0 Å². The van der Waals surface area contributed by atoms with Gasteiger partial charge in [-0.25, -0.2) is 4.79 Å². The summed E-state index contributed by atoms with van der Waals surface area (Å²) in [6.07, 6.45) is 9.73. The molecule has 0 aromatic carbocycles. The minimum atomic E-state index is -0.482. The third kappa shape index (κ3) is 6.30. The number of carbonyl (C=O) groups excluding carboxylic acids is 1. The van der Waals surface area contributed by atoms with Crippen molar-refractivity contribution in [2.75, 3.05) is 39.3 Å². The van der Waals surface area contributed by atoms with Gasteiger partial charge in [-0.1, -0.05) is 6.08 Å². The van der Waals surface area contributed by atoms with Gasteiger partial charge in [-0.15, -0.1) is 0 Å². The summed E-state index contributed by atoms with van der Waals surface area (Å²) in [5.74, 6) is -0.278. The quantitative estimate of drug-likeness (QED) is 0.727. The lowest BCUT2D eigenvalue weighted by Crippen LogP contribution is -2.50. The maximum atomic E-state index is 12.4. The second kappa shape index (κ2) is 9.63. The van der Waals surface area contributed by atoms with Crippen molar-refractivity contribution in [3.8, 4) is 0 Å². The van der Waals surface area contributed by atoms with Crippen LogP contribution in [0.15, 0.2) is 23.9 Å². The molecule has 0 bridgehead atoms. The Hall–Kier alpha value is -1.37. The molecule has 1 N–H and O–H groups in total. The van der Waals surface area contributed by atoms with Gasteiger partial charge in [0, 0.05) is 31.7 Å². The molecule has 3 rings (SSSR count). The van der Waals surface area contributed by atoms with Crippen molar-refractivity contribution in [3.63, 3.8) is 0 Å². The number of esters is 1. The fourth-order valence-corrected chi connectivity index (χ4v) is 4.55. The lowest BCUT2D eigenvalue weighted by Gasteiger charge is -2.39. The molecule has 1 atom stereocenters. The number of carbonyl (C=O) groups is 1. The van der Waals surface area contributed by atoms with Crippen molar-refractivity contribution in [2.24, 2.45) is 0 Å². The number of nitrogens with zero attached hydrogens (tertiary/aromatic N) is 3. The Morgan fingerprint density at radius 3 is 2.38 bits per heavy atom. The smallest absolute Gasteiger partial charge is 0.354 e. The zero-order chi connectivity index (χ0) is 21.0. The molecule has 2 saturated heterocycles. The average molecular weight is 405 g/mol. The molecule has 6 heteroatoms. The van der Waals surface area contributed by atoms with Gasteiger partial charge >= 0.3 is 5.97 Å². The van der Waals surface area contributed by atoms with Gasteiger partial charge in [0.15, 0.2) is 0 Å². The van der Waals surface area contributed by atoms with Crippen molar-refractivity contribution in [1.82, 2.24) is 20.0 Å². The van der Waals surface area contributed by atoms with Gasteiger partial charge in [-0.2, -0.15) is 0 Å². The SMILES string of the molecule is CC(C)N1CCC(N2CCCN(C3C=CC=C(C(=O)OC(C)(C)C)N3)CC2)CC1. The van der Waals surface area contributed by atoms with Crippen LogP contribution in [-0.2, 0) is 9.53 Å².